The number of pyridine rings is 1. The van der Waals surface area contributed by atoms with Gasteiger partial charge in [0.15, 0.2) is 0 Å². The monoisotopic (exact) mass is 485 g/mol. The van der Waals surface area contributed by atoms with Crippen LogP contribution in [-0.2, 0) is 11.0 Å². The lowest BCUT2D eigenvalue weighted by molar-refractivity contribution is -0.137. The Labute approximate surface area is 201 Å². The van der Waals surface area contributed by atoms with Gasteiger partial charge in [0.1, 0.15) is 0 Å². The van der Waals surface area contributed by atoms with Crippen LogP contribution in [0.4, 0.5) is 13.2 Å². The van der Waals surface area contributed by atoms with Gasteiger partial charge in [-0.05, 0) is 35.9 Å². The highest BCUT2D eigenvalue weighted by Gasteiger charge is 2.30. The highest BCUT2D eigenvalue weighted by molar-refractivity contribution is 6.01. The van der Waals surface area contributed by atoms with Gasteiger partial charge in [-0.25, -0.2) is 0 Å². The van der Waals surface area contributed by atoms with Gasteiger partial charge < -0.3 is 15.2 Å². The predicted octanol–water partition coefficient (Wildman–Crippen LogP) is 3.66. The van der Waals surface area contributed by atoms with Crippen molar-refractivity contribution in [1.82, 2.24) is 25.1 Å². The van der Waals surface area contributed by atoms with Crippen molar-refractivity contribution in [3.05, 3.63) is 66.0 Å². The summed E-state index contributed by atoms with van der Waals surface area (Å²) in [5.74, 6) is -0.224. The molecule has 0 aliphatic carbocycles. The number of H-pyrrole nitrogens is 1. The van der Waals surface area contributed by atoms with Crippen molar-refractivity contribution in [1.29, 1.82) is 0 Å². The molecule has 10 heteroatoms. The molecule has 4 rings (SSSR count). The number of amides is 2. The van der Waals surface area contributed by atoms with Crippen LogP contribution in [0.25, 0.3) is 22.5 Å². The third-order valence-corrected chi connectivity index (χ3v) is 6.07. The number of halogens is 3. The van der Waals surface area contributed by atoms with Crippen LogP contribution in [0.15, 0.2) is 54.9 Å². The second-order valence-corrected chi connectivity index (χ2v) is 8.39. The van der Waals surface area contributed by atoms with Crippen LogP contribution in [0.2, 0.25) is 0 Å². The van der Waals surface area contributed by atoms with E-state index in [2.05, 4.69) is 20.2 Å². The summed E-state index contributed by atoms with van der Waals surface area (Å²) in [6.45, 7) is 5.47. The third kappa shape index (κ3) is 5.89. The Bertz CT molecular complexity index is 1170. The lowest BCUT2D eigenvalue weighted by Gasteiger charge is -2.34. The van der Waals surface area contributed by atoms with Crippen LogP contribution in [0.5, 0.6) is 0 Å². The smallest absolute Gasteiger partial charge is 0.354 e. The van der Waals surface area contributed by atoms with Gasteiger partial charge in [-0.15, -0.1) is 0 Å². The minimum atomic E-state index is -4.42. The molecule has 184 valence electrons. The molecule has 0 radical (unpaired) electrons. The summed E-state index contributed by atoms with van der Waals surface area (Å²) in [4.78, 5) is 35.8. The van der Waals surface area contributed by atoms with Crippen LogP contribution in [-0.4, -0.2) is 70.9 Å². The van der Waals surface area contributed by atoms with E-state index in [1.165, 1.54) is 12.1 Å². The fourth-order valence-corrected chi connectivity index (χ4v) is 4.08. The van der Waals surface area contributed by atoms with E-state index in [1.807, 2.05) is 0 Å². The molecule has 1 fully saturated rings. The molecule has 35 heavy (non-hydrogen) atoms. The van der Waals surface area contributed by atoms with Crippen molar-refractivity contribution in [2.75, 3.05) is 39.3 Å². The average Bonchev–Trinajstić information content (AvgIpc) is 3.30. The normalized spacial score (nSPS) is 14.7. The van der Waals surface area contributed by atoms with Gasteiger partial charge in [-0.2, -0.15) is 13.2 Å². The maximum Gasteiger partial charge on any atom is 0.416 e. The van der Waals surface area contributed by atoms with Gasteiger partial charge >= 0.3 is 6.18 Å². The van der Waals surface area contributed by atoms with E-state index in [9.17, 15) is 22.8 Å². The van der Waals surface area contributed by atoms with Crippen molar-refractivity contribution < 1.29 is 22.8 Å². The number of nitrogens with zero attached hydrogens (tertiary/aromatic N) is 3. The number of nitrogens with one attached hydrogen (secondary N) is 2. The quantitative estimate of drug-likeness (QED) is 0.559. The SMILES string of the molecule is CC(=O)N1CCN(CCNC(=O)c2cc(-c3ccc(C(F)(F)F)cc3)[nH]c2-c2cccnc2)CC1. The minimum Gasteiger partial charge on any atom is -0.354 e. The van der Waals surface area contributed by atoms with Crippen molar-refractivity contribution in [2.24, 2.45) is 0 Å². The number of hydrogen-bond donors (Lipinski definition) is 2. The summed E-state index contributed by atoms with van der Waals surface area (Å²) in [6, 6.07) is 9.99. The zero-order valence-electron chi connectivity index (χ0n) is 19.2. The van der Waals surface area contributed by atoms with Gasteiger partial charge in [-0.3, -0.25) is 19.5 Å². The number of carbonyl (C=O) groups is 2. The second kappa shape index (κ2) is 10.3. The molecule has 0 atom stereocenters. The molecule has 0 spiro atoms. The Morgan fingerprint density at radius 3 is 2.37 bits per heavy atom. The summed E-state index contributed by atoms with van der Waals surface area (Å²) < 4.78 is 38.8. The van der Waals surface area contributed by atoms with Crippen LogP contribution in [0.3, 0.4) is 0 Å². The average molecular weight is 486 g/mol. The highest BCUT2D eigenvalue weighted by atomic mass is 19.4. The van der Waals surface area contributed by atoms with Crippen molar-refractivity contribution in [3.63, 3.8) is 0 Å². The zero-order valence-corrected chi connectivity index (χ0v) is 19.2. The van der Waals surface area contributed by atoms with E-state index in [1.54, 1.807) is 42.4 Å². The minimum absolute atomic E-state index is 0.0668. The van der Waals surface area contributed by atoms with Crippen molar-refractivity contribution in [2.45, 2.75) is 13.1 Å². The molecule has 1 aromatic carbocycles. The van der Waals surface area contributed by atoms with Crippen molar-refractivity contribution >= 4 is 11.8 Å². The Morgan fingerprint density at radius 1 is 1.06 bits per heavy atom. The van der Waals surface area contributed by atoms with E-state index in [0.29, 0.717) is 54.3 Å². The third-order valence-electron chi connectivity index (χ3n) is 6.07. The number of rotatable bonds is 6. The first-order valence-corrected chi connectivity index (χ1v) is 11.3. The molecule has 0 unspecified atom stereocenters. The lowest BCUT2D eigenvalue weighted by Crippen LogP contribution is -2.49. The summed E-state index contributed by atoms with van der Waals surface area (Å²) in [5.41, 5.74) is 1.95. The molecule has 1 aliphatic heterocycles. The summed E-state index contributed by atoms with van der Waals surface area (Å²) >= 11 is 0. The molecular weight excluding hydrogens is 459 g/mol. The lowest BCUT2D eigenvalue weighted by atomic mass is 10.1. The number of alkyl halides is 3. The van der Waals surface area contributed by atoms with Gasteiger partial charge in [-0.1, -0.05) is 12.1 Å². The molecule has 1 saturated heterocycles. The number of carbonyl (C=O) groups excluding carboxylic acids is 2. The molecule has 3 aromatic rings. The van der Waals surface area contributed by atoms with Crippen LogP contribution >= 0.6 is 0 Å². The molecule has 0 bridgehead atoms. The Hall–Kier alpha value is -3.66. The maximum atomic E-state index is 13.1. The van der Waals surface area contributed by atoms with Crippen LogP contribution in [0.1, 0.15) is 22.8 Å². The highest BCUT2D eigenvalue weighted by Crippen LogP contribution is 2.32. The molecular formula is C25H26F3N5O2. The second-order valence-electron chi connectivity index (χ2n) is 8.39. The van der Waals surface area contributed by atoms with Gasteiger partial charge in [0.05, 0.1) is 16.8 Å². The topological polar surface area (TPSA) is 81.3 Å². The zero-order chi connectivity index (χ0) is 25.0. The van der Waals surface area contributed by atoms with Gasteiger partial charge in [0.25, 0.3) is 5.91 Å². The fourth-order valence-electron chi connectivity index (χ4n) is 4.08. The molecule has 2 N–H and O–H groups in total. The summed E-state index contributed by atoms with van der Waals surface area (Å²) in [5, 5.41) is 2.93. The molecule has 3 heterocycles. The number of aromatic amines is 1. The maximum absolute atomic E-state index is 13.1. The predicted molar refractivity (Wildman–Crippen MR) is 125 cm³/mol. The van der Waals surface area contributed by atoms with E-state index in [-0.39, 0.29) is 11.8 Å². The summed E-state index contributed by atoms with van der Waals surface area (Å²) in [7, 11) is 0. The van der Waals surface area contributed by atoms with E-state index in [0.717, 1.165) is 25.2 Å². The fraction of sp³-hybridized carbons (Fsp3) is 0.320. The first kappa shape index (κ1) is 24.5. The molecule has 1 aliphatic rings. The molecule has 7 nitrogen and oxygen atoms in total. The van der Waals surface area contributed by atoms with E-state index < -0.39 is 11.7 Å². The number of piperazine rings is 1. The van der Waals surface area contributed by atoms with Gasteiger partial charge in [0, 0.05) is 69.8 Å². The standard InChI is InChI=1S/C25H26F3N5O2/c1-17(34)33-13-11-32(12-14-33)10-9-30-24(35)21-15-22(31-23(21)19-3-2-8-29-16-19)18-4-6-20(7-5-18)25(26,27)28/h2-8,15-16,31H,9-14H2,1H3,(H,30,35). The Morgan fingerprint density at radius 2 is 1.77 bits per heavy atom. The Kier molecular flexibility index (Phi) is 7.20. The molecule has 2 amide bonds. The van der Waals surface area contributed by atoms with Crippen molar-refractivity contribution in [3.8, 4) is 22.5 Å². The number of hydrogen-bond acceptors (Lipinski definition) is 4. The molecule has 0 saturated carbocycles. The van der Waals surface area contributed by atoms with Crippen LogP contribution in [0, 0.1) is 0 Å². The number of aromatic nitrogens is 2. The van der Waals surface area contributed by atoms with E-state index >= 15 is 0 Å². The van der Waals surface area contributed by atoms with E-state index in [4.69, 9.17) is 0 Å². The summed E-state index contributed by atoms with van der Waals surface area (Å²) in [6.07, 6.45) is -1.18. The largest absolute Gasteiger partial charge is 0.416 e. The first-order valence-electron chi connectivity index (χ1n) is 11.3. The number of benzene rings is 1. The first-order chi connectivity index (χ1) is 16.7. The Balaban J connectivity index is 1.48. The van der Waals surface area contributed by atoms with Crippen LogP contribution < -0.4 is 5.32 Å². The molecule has 2 aromatic heterocycles. The van der Waals surface area contributed by atoms with Gasteiger partial charge in [0.2, 0.25) is 5.91 Å².